The second-order valence-electron chi connectivity index (χ2n) is 5.75. The summed E-state index contributed by atoms with van der Waals surface area (Å²) in [5.41, 5.74) is 2.01. The number of furan rings is 1. The Morgan fingerprint density at radius 1 is 1.26 bits per heavy atom. The molecule has 0 fully saturated rings. The summed E-state index contributed by atoms with van der Waals surface area (Å²) >= 11 is 4.72. The van der Waals surface area contributed by atoms with Gasteiger partial charge in [0.25, 0.3) is 5.91 Å². The first-order chi connectivity index (χ1) is 13.1. The van der Waals surface area contributed by atoms with Crippen LogP contribution in [-0.2, 0) is 0 Å². The van der Waals surface area contributed by atoms with Crippen molar-refractivity contribution < 1.29 is 13.9 Å². The van der Waals surface area contributed by atoms with E-state index in [1.807, 2.05) is 48.7 Å². The summed E-state index contributed by atoms with van der Waals surface area (Å²) < 4.78 is 12.2. The molecule has 0 atom stereocenters. The van der Waals surface area contributed by atoms with Gasteiger partial charge in [-0.3, -0.25) is 10.1 Å². The van der Waals surface area contributed by atoms with E-state index in [1.54, 1.807) is 12.1 Å². The van der Waals surface area contributed by atoms with Gasteiger partial charge in [0.1, 0.15) is 17.0 Å². The number of carbonyl (C=O) groups excluding carboxylic acids is 1. The van der Waals surface area contributed by atoms with Crippen LogP contribution < -0.4 is 10.1 Å². The van der Waals surface area contributed by atoms with Gasteiger partial charge in [0.15, 0.2) is 10.9 Å². The predicted molar refractivity (Wildman–Crippen MR) is 111 cm³/mol. The first-order valence-electron chi connectivity index (χ1n) is 8.31. The van der Waals surface area contributed by atoms with Crippen LogP contribution in [0.1, 0.15) is 17.3 Å². The standard InChI is InChI=1S/C20H15BrN2O3S/c1-2-25-15-6-7-17-13(9-15)10-18(26-17)16-11-27-20(22-16)23-19(24)12-4-3-5-14(21)8-12/h3-11H,2H2,1H3,(H,22,23,24). The molecule has 0 aliphatic carbocycles. The lowest BCUT2D eigenvalue weighted by Gasteiger charge is -2.01. The number of ether oxygens (including phenoxy) is 1. The minimum atomic E-state index is -0.205. The van der Waals surface area contributed by atoms with Crippen LogP contribution in [0.25, 0.3) is 22.4 Å². The van der Waals surface area contributed by atoms with Gasteiger partial charge in [-0.15, -0.1) is 11.3 Å². The second-order valence-corrected chi connectivity index (χ2v) is 7.52. The fourth-order valence-electron chi connectivity index (χ4n) is 2.65. The van der Waals surface area contributed by atoms with Gasteiger partial charge in [0.05, 0.1) is 6.61 Å². The lowest BCUT2D eigenvalue weighted by molar-refractivity contribution is 0.102. The van der Waals surface area contributed by atoms with Crippen LogP contribution in [0.4, 0.5) is 5.13 Å². The SMILES string of the molecule is CCOc1ccc2oc(-c3csc(NC(=O)c4cccc(Br)c4)n3)cc2c1. The number of benzene rings is 2. The summed E-state index contributed by atoms with van der Waals surface area (Å²) in [5, 5.41) is 6.15. The Labute approximate surface area is 168 Å². The Balaban J connectivity index is 1.55. The number of hydrogen-bond acceptors (Lipinski definition) is 5. The molecule has 1 amide bonds. The quantitative estimate of drug-likeness (QED) is 0.413. The molecule has 0 aliphatic rings. The number of nitrogens with zero attached hydrogens (tertiary/aromatic N) is 1. The first-order valence-corrected chi connectivity index (χ1v) is 9.99. The van der Waals surface area contributed by atoms with Gasteiger partial charge in [-0.1, -0.05) is 22.0 Å². The van der Waals surface area contributed by atoms with Crippen LogP contribution in [0.15, 0.2) is 62.8 Å². The number of amides is 1. The van der Waals surface area contributed by atoms with E-state index in [1.165, 1.54) is 11.3 Å². The van der Waals surface area contributed by atoms with E-state index >= 15 is 0 Å². The Hall–Kier alpha value is -2.64. The molecule has 4 aromatic rings. The van der Waals surface area contributed by atoms with Crippen molar-refractivity contribution in [1.29, 1.82) is 0 Å². The molecule has 0 radical (unpaired) electrons. The van der Waals surface area contributed by atoms with Gasteiger partial charge in [-0.05, 0) is 49.4 Å². The number of rotatable bonds is 5. The zero-order chi connectivity index (χ0) is 18.8. The van der Waals surface area contributed by atoms with Gasteiger partial charge in [-0.25, -0.2) is 4.98 Å². The number of aromatic nitrogens is 1. The number of carbonyl (C=O) groups is 1. The fraction of sp³-hybridized carbons (Fsp3) is 0.100. The molecule has 27 heavy (non-hydrogen) atoms. The average molecular weight is 443 g/mol. The molecule has 136 valence electrons. The molecule has 7 heteroatoms. The molecule has 2 aromatic heterocycles. The van der Waals surface area contributed by atoms with Crippen LogP contribution in [-0.4, -0.2) is 17.5 Å². The Morgan fingerprint density at radius 2 is 2.15 bits per heavy atom. The Kier molecular flexibility index (Phi) is 4.96. The fourth-order valence-corrected chi connectivity index (χ4v) is 3.74. The summed E-state index contributed by atoms with van der Waals surface area (Å²) in [5.74, 6) is 1.25. The molecule has 0 unspecified atom stereocenters. The molecule has 2 aromatic carbocycles. The van der Waals surface area contributed by atoms with Crippen molar-refractivity contribution in [2.24, 2.45) is 0 Å². The van der Waals surface area contributed by atoms with Crippen molar-refractivity contribution in [3.05, 3.63) is 63.9 Å². The van der Waals surface area contributed by atoms with E-state index in [0.717, 1.165) is 21.2 Å². The number of anilines is 1. The molecule has 2 heterocycles. The zero-order valence-electron chi connectivity index (χ0n) is 14.4. The van der Waals surface area contributed by atoms with Crippen LogP contribution in [0.3, 0.4) is 0 Å². The van der Waals surface area contributed by atoms with E-state index in [4.69, 9.17) is 9.15 Å². The van der Waals surface area contributed by atoms with E-state index < -0.39 is 0 Å². The molecular weight excluding hydrogens is 428 g/mol. The summed E-state index contributed by atoms with van der Waals surface area (Å²) in [6, 6.07) is 14.8. The van der Waals surface area contributed by atoms with E-state index in [9.17, 15) is 4.79 Å². The Morgan fingerprint density at radius 3 is 2.96 bits per heavy atom. The maximum atomic E-state index is 12.3. The smallest absolute Gasteiger partial charge is 0.257 e. The van der Waals surface area contributed by atoms with Crippen molar-refractivity contribution in [1.82, 2.24) is 4.98 Å². The maximum Gasteiger partial charge on any atom is 0.257 e. The van der Waals surface area contributed by atoms with Gasteiger partial charge in [0.2, 0.25) is 0 Å². The summed E-state index contributed by atoms with van der Waals surface area (Å²) in [7, 11) is 0. The summed E-state index contributed by atoms with van der Waals surface area (Å²) in [4.78, 5) is 16.8. The Bertz CT molecular complexity index is 1120. The molecule has 1 N–H and O–H groups in total. The molecule has 0 saturated carbocycles. The van der Waals surface area contributed by atoms with Gasteiger partial charge in [0, 0.05) is 20.8 Å². The van der Waals surface area contributed by atoms with Gasteiger partial charge >= 0.3 is 0 Å². The van der Waals surface area contributed by atoms with E-state index in [0.29, 0.717) is 28.8 Å². The lowest BCUT2D eigenvalue weighted by Crippen LogP contribution is -2.11. The normalized spacial score (nSPS) is 10.9. The molecule has 0 saturated heterocycles. The van der Waals surface area contributed by atoms with Crippen LogP contribution in [0.2, 0.25) is 0 Å². The highest BCUT2D eigenvalue weighted by atomic mass is 79.9. The summed E-state index contributed by atoms with van der Waals surface area (Å²) in [6.07, 6.45) is 0. The van der Waals surface area contributed by atoms with Gasteiger partial charge < -0.3 is 9.15 Å². The molecule has 0 spiro atoms. The highest BCUT2D eigenvalue weighted by molar-refractivity contribution is 9.10. The maximum absolute atomic E-state index is 12.3. The topological polar surface area (TPSA) is 64.4 Å². The van der Waals surface area contributed by atoms with E-state index in [-0.39, 0.29) is 5.91 Å². The molecule has 0 bridgehead atoms. The second kappa shape index (κ2) is 7.54. The minimum Gasteiger partial charge on any atom is -0.494 e. The summed E-state index contributed by atoms with van der Waals surface area (Å²) in [6.45, 7) is 2.56. The third-order valence-electron chi connectivity index (χ3n) is 3.86. The third-order valence-corrected chi connectivity index (χ3v) is 5.11. The van der Waals surface area contributed by atoms with E-state index in [2.05, 4.69) is 26.2 Å². The number of fused-ring (bicyclic) bond motifs is 1. The average Bonchev–Trinajstić information content (AvgIpc) is 3.28. The van der Waals surface area contributed by atoms with Gasteiger partial charge in [-0.2, -0.15) is 0 Å². The number of hydrogen-bond donors (Lipinski definition) is 1. The van der Waals surface area contributed by atoms with Crippen molar-refractivity contribution >= 4 is 49.3 Å². The molecule has 4 rings (SSSR count). The van der Waals surface area contributed by atoms with Crippen molar-refractivity contribution in [3.8, 4) is 17.2 Å². The van der Waals surface area contributed by atoms with Crippen LogP contribution >= 0.6 is 27.3 Å². The molecule has 5 nitrogen and oxygen atoms in total. The highest BCUT2D eigenvalue weighted by Gasteiger charge is 2.13. The zero-order valence-corrected chi connectivity index (χ0v) is 16.8. The highest BCUT2D eigenvalue weighted by Crippen LogP contribution is 2.32. The van der Waals surface area contributed by atoms with Crippen LogP contribution in [0.5, 0.6) is 5.75 Å². The minimum absolute atomic E-state index is 0.205. The number of thiazole rings is 1. The number of halogens is 1. The number of nitrogens with one attached hydrogen (secondary N) is 1. The third kappa shape index (κ3) is 3.89. The molecular formula is C20H15BrN2O3S. The van der Waals surface area contributed by atoms with Crippen molar-refractivity contribution in [3.63, 3.8) is 0 Å². The lowest BCUT2D eigenvalue weighted by atomic mass is 10.2. The van der Waals surface area contributed by atoms with Crippen molar-refractivity contribution in [2.75, 3.05) is 11.9 Å². The first kappa shape index (κ1) is 17.8. The van der Waals surface area contributed by atoms with Crippen LogP contribution in [0, 0.1) is 0 Å². The monoisotopic (exact) mass is 442 g/mol. The largest absolute Gasteiger partial charge is 0.494 e. The molecule has 0 aliphatic heterocycles. The van der Waals surface area contributed by atoms with Crippen molar-refractivity contribution in [2.45, 2.75) is 6.92 Å². The predicted octanol–water partition coefficient (Wildman–Crippen LogP) is 5.97.